The lowest BCUT2D eigenvalue weighted by molar-refractivity contribution is 0.0911. The smallest absolute Gasteiger partial charge is 0.255 e. The molecule has 0 aliphatic heterocycles. The number of aliphatic hydroxyl groups is 1. The van der Waals surface area contributed by atoms with Gasteiger partial charge in [-0.2, -0.15) is 0 Å². The van der Waals surface area contributed by atoms with Crippen LogP contribution >= 0.6 is 0 Å². The first-order valence-corrected chi connectivity index (χ1v) is 8.37. The quantitative estimate of drug-likeness (QED) is 0.773. The molecule has 0 aliphatic carbocycles. The predicted octanol–water partition coefficient (Wildman–Crippen LogP) is 2.40. The number of carbonyl (C=O) groups is 1. The molecule has 1 atom stereocenters. The molecule has 0 heterocycles. The molecule has 0 fully saturated rings. The summed E-state index contributed by atoms with van der Waals surface area (Å²) in [5, 5.41) is 13.1. The van der Waals surface area contributed by atoms with Crippen LogP contribution < -0.4 is 10.1 Å². The number of nitrogens with zero attached hydrogens (tertiary/aromatic N) is 1. The summed E-state index contributed by atoms with van der Waals surface area (Å²) in [5.74, 6) is 0.292. The van der Waals surface area contributed by atoms with Crippen LogP contribution in [-0.2, 0) is 0 Å². The summed E-state index contributed by atoms with van der Waals surface area (Å²) in [4.78, 5) is 14.5. The maximum Gasteiger partial charge on any atom is 0.255 e. The van der Waals surface area contributed by atoms with Crippen LogP contribution in [0.2, 0.25) is 0 Å². The molecular weight excluding hydrogens is 316 g/mol. The van der Waals surface area contributed by atoms with E-state index in [0.29, 0.717) is 17.9 Å². The fourth-order valence-corrected chi connectivity index (χ4v) is 2.47. The second-order valence-electron chi connectivity index (χ2n) is 6.23. The maximum absolute atomic E-state index is 12.5. The van der Waals surface area contributed by atoms with E-state index in [-0.39, 0.29) is 12.5 Å². The Morgan fingerprint density at radius 3 is 2.56 bits per heavy atom. The topological polar surface area (TPSA) is 61.8 Å². The first kappa shape index (κ1) is 19.0. The molecule has 5 heteroatoms. The number of aryl methyl sites for hydroxylation is 1. The van der Waals surface area contributed by atoms with Gasteiger partial charge in [-0.25, -0.2) is 0 Å². The molecule has 134 valence electrons. The minimum Gasteiger partial charge on any atom is -0.491 e. The maximum atomic E-state index is 12.5. The summed E-state index contributed by atoms with van der Waals surface area (Å²) >= 11 is 0. The van der Waals surface area contributed by atoms with Crippen molar-refractivity contribution in [3.63, 3.8) is 0 Å². The molecule has 0 radical (unpaired) electrons. The van der Waals surface area contributed by atoms with Crippen LogP contribution in [0.5, 0.6) is 5.75 Å². The van der Waals surface area contributed by atoms with Gasteiger partial charge in [-0.1, -0.05) is 36.4 Å². The second-order valence-corrected chi connectivity index (χ2v) is 6.23. The molecule has 0 bridgehead atoms. The molecule has 1 amide bonds. The fraction of sp³-hybridized carbons (Fsp3) is 0.350. The van der Waals surface area contributed by atoms with Crippen LogP contribution in [0.25, 0.3) is 0 Å². The minimum atomic E-state index is -0.744. The zero-order chi connectivity index (χ0) is 18.2. The molecule has 5 nitrogen and oxygen atoms in total. The Morgan fingerprint density at radius 1 is 1.16 bits per heavy atom. The molecule has 1 unspecified atom stereocenters. The summed E-state index contributed by atoms with van der Waals surface area (Å²) in [6.07, 6.45) is -0.744. The molecule has 25 heavy (non-hydrogen) atoms. The third-order valence-electron chi connectivity index (χ3n) is 3.93. The molecular formula is C20H26N2O3. The van der Waals surface area contributed by atoms with E-state index in [9.17, 15) is 9.90 Å². The number of hydrogen-bond donors (Lipinski definition) is 2. The lowest BCUT2D eigenvalue weighted by atomic mass is 10.0. The van der Waals surface area contributed by atoms with Crippen LogP contribution in [0.4, 0.5) is 0 Å². The molecule has 2 aromatic rings. The number of rotatable bonds is 8. The molecule has 0 aliphatic rings. The zero-order valence-electron chi connectivity index (χ0n) is 15.0. The molecule has 0 saturated heterocycles. The van der Waals surface area contributed by atoms with E-state index in [4.69, 9.17) is 4.74 Å². The van der Waals surface area contributed by atoms with Gasteiger partial charge in [-0.3, -0.25) is 4.79 Å². The Morgan fingerprint density at radius 2 is 1.84 bits per heavy atom. The van der Waals surface area contributed by atoms with Gasteiger partial charge in [0.1, 0.15) is 12.4 Å². The van der Waals surface area contributed by atoms with Crippen molar-refractivity contribution in [1.29, 1.82) is 0 Å². The van der Waals surface area contributed by atoms with Crippen molar-refractivity contribution >= 4 is 5.91 Å². The highest BCUT2D eigenvalue weighted by Crippen LogP contribution is 2.19. The van der Waals surface area contributed by atoms with Gasteiger partial charge in [0, 0.05) is 13.1 Å². The van der Waals surface area contributed by atoms with Crippen molar-refractivity contribution in [2.24, 2.45) is 0 Å². The van der Waals surface area contributed by atoms with Crippen LogP contribution in [0.15, 0.2) is 48.5 Å². The van der Waals surface area contributed by atoms with Gasteiger partial charge in [-0.05, 0) is 44.3 Å². The number of nitrogens with one attached hydrogen (secondary N) is 1. The van der Waals surface area contributed by atoms with Crippen LogP contribution in [0.3, 0.4) is 0 Å². The van der Waals surface area contributed by atoms with Crippen LogP contribution in [-0.4, -0.2) is 49.7 Å². The van der Waals surface area contributed by atoms with Crippen molar-refractivity contribution in [3.05, 3.63) is 65.2 Å². The number of carbonyl (C=O) groups excluding carboxylic acids is 1. The summed E-state index contributed by atoms with van der Waals surface area (Å²) in [6.45, 7) is 3.36. The van der Waals surface area contributed by atoms with Gasteiger partial charge in [-0.15, -0.1) is 0 Å². The number of para-hydroxylation sites is 1. The van der Waals surface area contributed by atoms with Gasteiger partial charge in [0.2, 0.25) is 0 Å². The van der Waals surface area contributed by atoms with Gasteiger partial charge in [0.15, 0.2) is 0 Å². The van der Waals surface area contributed by atoms with E-state index < -0.39 is 6.10 Å². The number of amides is 1. The average molecular weight is 342 g/mol. The van der Waals surface area contributed by atoms with E-state index in [2.05, 4.69) is 5.32 Å². The highest BCUT2D eigenvalue weighted by atomic mass is 16.5. The van der Waals surface area contributed by atoms with E-state index in [0.717, 1.165) is 17.7 Å². The van der Waals surface area contributed by atoms with Crippen molar-refractivity contribution in [3.8, 4) is 5.75 Å². The number of ether oxygens (including phenoxy) is 1. The lowest BCUT2D eigenvalue weighted by Crippen LogP contribution is -2.29. The van der Waals surface area contributed by atoms with Crippen molar-refractivity contribution < 1.29 is 14.6 Å². The zero-order valence-corrected chi connectivity index (χ0v) is 15.0. The largest absolute Gasteiger partial charge is 0.491 e. The third kappa shape index (κ3) is 5.59. The molecule has 0 spiro atoms. The normalized spacial score (nSPS) is 12.0. The van der Waals surface area contributed by atoms with E-state index in [1.165, 1.54) is 0 Å². The summed E-state index contributed by atoms with van der Waals surface area (Å²) in [6, 6.07) is 14.7. The monoisotopic (exact) mass is 342 g/mol. The Kier molecular flexibility index (Phi) is 6.98. The van der Waals surface area contributed by atoms with Gasteiger partial charge in [0.05, 0.1) is 11.7 Å². The Hall–Kier alpha value is -2.37. The first-order chi connectivity index (χ1) is 12.0. The minimum absolute atomic E-state index is 0.149. The summed E-state index contributed by atoms with van der Waals surface area (Å²) in [5.41, 5.74) is 2.29. The summed E-state index contributed by atoms with van der Waals surface area (Å²) < 4.78 is 5.71. The first-order valence-electron chi connectivity index (χ1n) is 8.37. The molecule has 2 aromatic carbocycles. The van der Waals surface area contributed by atoms with Gasteiger partial charge >= 0.3 is 0 Å². The third-order valence-corrected chi connectivity index (χ3v) is 3.93. The molecule has 0 saturated carbocycles. The Labute approximate surface area is 149 Å². The molecule has 0 aromatic heterocycles. The van der Waals surface area contributed by atoms with E-state index in [1.54, 1.807) is 18.2 Å². The second kappa shape index (κ2) is 9.20. The molecule has 2 rings (SSSR count). The number of hydrogen-bond acceptors (Lipinski definition) is 4. The van der Waals surface area contributed by atoms with E-state index in [1.807, 2.05) is 56.3 Å². The number of benzene rings is 2. The highest BCUT2D eigenvalue weighted by molar-refractivity contribution is 5.96. The summed E-state index contributed by atoms with van der Waals surface area (Å²) in [7, 11) is 3.93. The van der Waals surface area contributed by atoms with Crippen molar-refractivity contribution in [2.75, 3.05) is 33.8 Å². The van der Waals surface area contributed by atoms with Crippen LogP contribution in [0.1, 0.15) is 27.6 Å². The Bertz CT molecular complexity index is 701. The highest BCUT2D eigenvalue weighted by Gasteiger charge is 2.15. The van der Waals surface area contributed by atoms with Crippen LogP contribution in [0, 0.1) is 6.92 Å². The molecule has 2 N–H and O–H groups in total. The number of likely N-dealkylation sites (N-methyl/N-ethyl adjacent to an activating group) is 1. The SMILES string of the molecule is Cc1ccccc1C(O)CNC(=O)c1ccccc1OCCN(C)C. The van der Waals surface area contributed by atoms with E-state index >= 15 is 0 Å². The average Bonchev–Trinajstić information content (AvgIpc) is 2.60. The standard InChI is InChI=1S/C20H26N2O3/c1-15-8-4-5-9-16(15)18(23)14-21-20(24)17-10-6-7-11-19(17)25-13-12-22(2)3/h4-11,18,23H,12-14H2,1-3H3,(H,21,24). The Balaban J connectivity index is 1.98. The lowest BCUT2D eigenvalue weighted by Gasteiger charge is -2.16. The predicted molar refractivity (Wildman–Crippen MR) is 99.0 cm³/mol. The van der Waals surface area contributed by atoms with Gasteiger partial charge in [0.25, 0.3) is 5.91 Å². The van der Waals surface area contributed by atoms with Crippen molar-refractivity contribution in [1.82, 2.24) is 10.2 Å². The van der Waals surface area contributed by atoms with Crippen molar-refractivity contribution in [2.45, 2.75) is 13.0 Å². The fourth-order valence-electron chi connectivity index (χ4n) is 2.47. The van der Waals surface area contributed by atoms with Gasteiger partial charge < -0.3 is 20.1 Å². The number of aliphatic hydroxyl groups excluding tert-OH is 1.